The van der Waals surface area contributed by atoms with Gasteiger partial charge >= 0.3 is 0 Å². The van der Waals surface area contributed by atoms with Gasteiger partial charge in [0.05, 0.1) is 17.2 Å². The maximum absolute atomic E-state index is 6.39. The molecule has 0 atom stereocenters. The number of pyridine rings is 1. The highest BCUT2D eigenvalue weighted by Crippen LogP contribution is 2.30. The lowest BCUT2D eigenvalue weighted by atomic mass is 10.1. The van der Waals surface area contributed by atoms with Gasteiger partial charge in [0, 0.05) is 56.1 Å². The third kappa shape index (κ3) is 2.95. The van der Waals surface area contributed by atoms with Crippen molar-refractivity contribution in [2.45, 2.75) is 25.9 Å². The molecule has 1 fully saturated rings. The van der Waals surface area contributed by atoms with Crippen LogP contribution in [0.4, 0.5) is 5.82 Å². The number of hydrogen-bond acceptors (Lipinski definition) is 5. The number of hydrogen-bond donors (Lipinski definition) is 0. The van der Waals surface area contributed by atoms with Gasteiger partial charge in [0.15, 0.2) is 0 Å². The number of ether oxygens (including phenoxy) is 1. The highest BCUT2D eigenvalue weighted by atomic mass is 16.5. The van der Waals surface area contributed by atoms with E-state index in [0.717, 1.165) is 54.2 Å². The molecule has 1 aliphatic rings. The molecule has 0 unspecified atom stereocenters. The molecule has 0 aliphatic carbocycles. The number of rotatable bonds is 3. The van der Waals surface area contributed by atoms with E-state index in [2.05, 4.69) is 56.9 Å². The van der Waals surface area contributed by atoms with Crippen molar-refractivity contribution in [3.8, 4) is 5.75 Å². The number of aryl methyl sites for hydroxylation is 2. The predicted molar refractivity (Wildman–Crippen MR) is 111 cm³/mol. The Hall–Kier alpha value is -3.15. The summed E-state index contributed by atoms with van der Waals surface area (Å²) in [6, 6.07) is 10.4. The van der Waals surface area contributed by atoms with Gasteiger partial charge in [-0.05, 0) is 31.2 Å². The summed E-state index contributed by atoms with van der Waals surface area (Å²) in [5, 5.41) is 2.24. The largest absolute Gasteiger partial charge is 0.490 e. The average Bonchev–Trinajstić information content (AvgIpc) is 3.10. The molecule has 0 bridgehead atoms. The van der Waals surface area contributed by atoms with E-state index >= 15 is 0 Å². The number of aromatic nitrogens is 4. The summed E-state index contributed by atoms with van der Waals surface area (Å²) >= 11 is 0. The molecule has 4 aromatic rings. The fourth-order valence-electron chi connectivity index (χ4n) is 4.06. The van der Waals surface area contributed by atoms with Gasteiger partial charge in [0.1, 0.15) is 23.5 Å². The Morgan fingerprint density at radius 3 is 2.75 bits per heavy atom. The van der Waals surface area contributed by atoms with Gasteiger partial charge in [0.2, 0.25) is 0 Å². The van der Waals surface area contributed by atoms with E-state index in [1.54, 1.807) is 6.20 Å². The molecule has 6 heteroatoms. The monoisotopic (exact) mass is 373 g/mol. The average molecular weight is 373 g/mol. The summed E-state index contributed by atoms with van der Waals surface area (Å²) in [6.07, 6.45) is 7.86. The maximum atomic E-state index is 6.39. The van der Waals surface area contributed by atoms with Crippen LogP contribution in [-0.2, 0) is 7.05 Å². The van der Waals surface area contributed by atoms with Gasteiger partial charge < -0.3 is 14.2 Å². The molecule has 3 aromatic heterocycles. The number of benzene rings is 1. The second kappa shape index (κ2) is 6.78. The molecule has 1 saturated heterocycles. The van der Waals surface area contributed by atoms with Crippen molar-refractivity contribution < 1.29 is 4.74 Å². The van der Waals surface area contributed by atoms with Crippen molar-refractivity contribution in [3.05, 3.63) is 54.7 Å². The summed E-state index contributed by atoms with van der Waals surface area (Å²) in [7, 11) is 2.06. The molecule has 1 aliphatic heterocycles. The topological polar surface area (TPSA) is 56.1 Å². The normalized spacial score (nSPS) is 15.4. The first-order valence-corrected chi connectivity index (χ1v) is 9.73. The van der Waals surface area contributed by atoms with Crippen LogP contribution in [0.1, 0.15) is 18.7 Å². The van der Waals surface area contributed by atoms with Crippen molar-refractivity contribution in [2.75, 3.05) is 18.0 Å². The minimum absolute atomic E-state index is 0.220. The number of fused-ring (bicyclic) bond motifs is 2. The van der Waals surface area contributed by atoms with Crippen LogP contribution in [0.25, 0.3) is 21.8 Å². The van der Waals surface area contributed by atoms with Gasteiger partial charge in [-0.15, -0.1) is 0 Å². The Labute approximate surface area is 163 Å². The molecular weight excluding hydrogens is 350 g/mol. The highest BCUT2D eigenvalue weighted by Gasteiger charge is 2.24. The molecule has 28 heavy (non-hydrogen) atoms. The zero-order chi connectivity index (χ0) is 19.1. The lowest BCUT2D eigenvalue weighted by Gasteiger charge is -2.33. The van der Waals surface area contributed by atoms with E-state index in [0.29, 0.717) is 0 Å². The van der Waals surface area contributed by atoms with Gasteiger partial charge in [-0.25, -0.2) is 9.97 Å². The Kier molecular flexibility index (Phi) is 4.11. The smallest absolute Gasteiger partial charge is 0.140 e. The summed E-state index contributed by atoms with van der Waals surface area (Å²) in [5.74, 6) is 2.77. The molecule has 0 amide bonds. The van der Waals surface area contributed by atoms with Gasteiger partial charge in [-0.2, -0.15) is 0 Å². The first kappa shape index (κ1) is 17.0. The fraction of sp³-hybridized carbons (Fsp3) is 0.318. The molecule has 0 saturated carbocycles. The lowest BCUT2D eigenvalue weighted by Crippen LogP contribution is -2.39. The van der Waals surface area contributed by atoms with Crippen molar-refractivity contribution in [1.82, 2.24) is 19.5 Å². The predicted octanol–water partition coefficient (Wildman–Crippen LogP) is 3.87. The van der Waals surface area contributed by atoms with Crippen LogP contribution in [0, 0.1) is 6.92 Å². The third-order valence-corrected chi connectivity index (χ3v) is 5.51. The van der Waals surface area contributed by atoms with E-state index in [4.69, 9.17) is 9.72 Å². The van der Waals surface area contributed by atoms with Crippen LogP contribution in [0.3, 0.4) is 0 Å². The molecule has 0 spiro atoms. The number of anilines is 1. The van der Waals surface area contributed by atoms with Crippen molar-refractivity contribution in [3.63, 3.8) is 0 Å². The number of nitrogens with zero attached hydrogens (tertiary/aromatic N) is 5. The third-order valence-electron chi connectivity index (χ3n) is 5.51. The molecule has 1 aromatic carbocycles. The standard InChI is InChI=1S/C22H23N5O/c1-15-24-19-14-23-10-6-17(19)22(25-15)27-12-7-16(8-13-27)28-21-5-3-4-20-18(21)9-11-26(20)2/h3-6,9-11,14,16H,7-8,12-13H2,1-2H3. The molecule has 0 N–H and O–H groups in total. The zero-order valence-corrected chi connectivity index (χ0v) is 16.2. The first-order chi connectivity index (χ1) is 13.7. The van der Waals surface area contributed by atoms with E-state index in [1.165, 1.54) is 10.9 Å². The van der Waals surface area contributed by atoms with Gasteiger partial charge in [-0.3, -0.25) is 4.98 Å². The van der Waals surface area contributed by atoms with Crippen LogP contribution in [0.15, 0.2) is 48.9 Å². The molecule has 0 radical (unpaired) electrons. The highest BCUT2D eigenvalue weighted by molar-refractivity contribution is 5.89. The van der Waals surface area contributed by atoms with Crippen molar-refractivity contribution >= 4 is 27.6 Å². The van der Waals surface area contributed by atoms with E-state index in [1.807, 2.05) is 19.2 Å². The fourth-order valence-corrected chi connectivity index (χ4v) is 4.06. The second-order valence-electron chi connectivity index (χ2n) is 7.41. The van der Waals surface area contributed by atoms with Crippen molar-refractivity contribution in [2.24, 2.45) is 7.05 Å². The van der Waals surface area contributed by atoms with Crippen LogP contribution in [0.5, 0.6) is 5.75 Å². The molecule has 6 nitrogen and oxygen atoms in total. The first-order valence-electron chi connectivity index (χ1n) is 9.73. The van der Waals surface area contributed by atoms with Crippen LogP contribution < -0.4 is 9.64 Å². The summed E-state index contributed by atoms with van der Waals surface area (Å²) in [5.41, 5.74) is 2.10. The minimum atomic E-state index is 0.220. The second-order valence-corrected chi connectivity index (χ2v) is 7.41. The molecule has 142 valence electrons. The summed E-state index contributed by atoms with van der Waals surface area (Å²) in [4.78, 5) is 15.8. The minimum Gasteiger partial charge on any atom is -0.490 e. The summed E-state index contributed by atoms with van der Waals surface area (Å²) in [6.45, 7) is 3.78. The Balaban J connectivity index is 1.34. The van der Waals surface area contributed by atoms with Crippen LogP contribution in [-0.4, -0.2) is 38.7 Å². The van der Waals surface area contributed by atoms with Crippen molar-refractivity contribution in [1.29, 1.82) is 0 Å². The molecular formula is C22H23N5O. The van der Waals surface area contributed by atoms with Gasteiger partial charge in [0.25, 0.3) is 0 Å². The van der Waals surface area contributed by atoms with E-state index in [-0.39, 0.29) is 6.10 Å². The SMILES string of the molecule is Cc1nc(N2CCC(Oc3cccc4c3ccn4C)CC2)c2ccncc2n1. The Morgan fingerprint density at radius 1 is 1.04 bits per heavy atom. The lowest BCUT2D eigenvalue weighted by molar-refractivity contribution is 0.173. The molecule has 4 heterocycles. The van der Waals surface area contributed by atoms with Gasteiger partial charge in [-0.1, -0.05) is 6.07 Å². The Bertz CT molecular complexity index is 1140. The quantitative estimate of drug-likeness (QED) is 0.546. The number of piperidine rings is 1. The molecule has 5 rings (SSSR count). The Morgan fingerprint density at radius 2 is 1.89 bits per heavy atom. The maximum Gasteiger partial charge on any atom is 0.140 e. The summed E-state index contributed by atoms with van der Waals surface area (Å²) < 4.78 is 8.52. The van der Waals surface area contributed by atoms with E-state index < -0.39 is 0 Å². The van der Waals surface area contributed by atoms with Crippen LogP contribution >= 0.6 is 0 Å². The zero-order valence-electron chi connectivity index (χ0n) is 16.2. The van der Waals surface area contributed by atoms with Crippen LogP contribution in [0.2, 0.25) is 0 Å². The van der Waals surface area contributed by atoms with E-state index in [9.17, 15) is 0 Å².